The molecule has 1 aromatic carbocycles. The highest BCUT2D eigenvalue weighted by molar-refractivity contribution is 7.90. The molecule has 0 fully saturated rings. The van der Waals surface area contributed by atoms with Gasteiger partial charge in [-0.15, -0.1) is 11.3 Å². The molecule has 1 amide bonds. The quantitative estimate of drug-likeness (QED) is 0.780. The molecule has 0 aliphatic carbocycles. The molecule has 1 aromatic heterocycles. The van der Waals surface area contributed by atoms with Gasteiger partial charge in [-0.3, -0.25) is 4.79 Å². The molecule has 9 heteroatoms. The Bertz CT molecular complexity index is 839. The van der Waals surface area contributed by atoms with Crippen molar-refractivity contribution in [1.29, 1.82) is 0 Å². The summed E-state index contributed by atoms with van der Waals surface area (Å²) in [4.78, 5) is 23.4. The molecule has 0 aliphatic rings. The normalized spacial score (nSPS) is 11.1. The first-order valence-corrected chi connectivity index (χ1v) is 9.06. The zero-order valence-electron chi connectivity index (χ0n) is 12.9. The van der Waals surface area contributed by atoms with Crippen LogP contribution in [0.15, 0.2) is 40.6 Å². The number of amides is 1. The molecule has 0 aliphatic heterocycles. The molecule has 0 unspecified atom stereocenters. The van der Waals surface area contributed by atoms with Gasteiger partial charge >= 0.3 is 5.97 Å². The summed E-state index contributed by atoms with van der Waals surface area (Å²) in [6.07, 6.45) is 0. The first-order valence-electron chi connectivity index (χ1n) is 6.70. The molecule has 0 radical (unpaired) electrons. The van der Waals surface area contributed by atoms with Gasteiger partial charge < -0.3 is 9.47 Å². The van der Waals surface area contributed by atoms with Gasteiger partial charge in [-0.25, -0.2) is 17.9 Å². The first-order chi connectivity index (χ1) is 11.4. The van der Waals surface area contributed by atoms with Gasteiger partial charge in [-0.2, -0.15) is 0 Å². The van der Waals surface area contributed by atoms with E-state index < -0.39 is 21.9 Å². The molecular weight excluding hydrogens is 354 g/mol. The lowest BCUT2D eigenvalue weighted by atomic mass is 10.1. The summed E-state index contributed by atoms with van der Waals surface area (Å²) in [6.45, 7) is 0.386. The molecule has 24 heavy (non-hydrogen) atoms. The predicted octanol–water partition coefficient (Wildman–Crippen LogP) is 1.80. The minimum absolute atomic E-state index is 0.0896. The summed E-state index contributed by atoms with van der Waals surface area (Å²) >= 11 is 0.921. The summed E-state index contributed by atoms with van der Waals surface area (Å²) in [6, 6.07) is 7.56. The van der Waals surface area contributed by atoms with Gasteiger partial charge in [0.1, 0.15) is 9.77 Å². The summed E-state index contributed by atoms with van der Waals surface area (Å²) in [5, 5.41) is 1.44. The highest BCUT2D eigenvalue weighted by Gasteiger charge is 2.26. The van der Waals surface area contributed by atoms with E-state index in [1.165, 1.54) is 23.6 Å². The van der Waals surface area contributed by atoms with Crippen LogP contribution in [0, 0.1) is 0 Å². The molecule has 1 N–H and O–H groups in total. The molecule has 7 nitrogen and oxygen atoms in total. The number of hydrogen-bond acceptors (Lipinski definition) is 7. The van der Waals surface area contributed by atoms with Gasteiger partial charge in [0.2, 0.25) is 0 Å². The predicted molar refractivity (Wildman–Crippen MR) is 87.5 cm³/mol. The van der Waals surface area contributed by atoms with Crippen molar-refractivity contribution < 1.29 is 27.5 Å². The Balaban J connectivity index is 2.21. The maximum atomic E-state index is 12.3. The third kappa shape index (κ3) is 3.99. The lowest BCUT2D eigenvalue weighted by Crippen LogP contribution is -2.31. The SMILES string of the molecule is COCc1ccc(C(=O)NS(=O)(=O)c2ccsc2C(=O)OC)cc1. The molecular formula is C15H15NO6S2. The van der Waals surface area contributed by atoms with E-state index in [1.807, 2.05) is 4.72 Å². The highest BCUT2D eigenvalue weighted by Crippen LogP contribution is 2.23. The third-order valence-electron chi connectivity index (χ3n) is 3.04. The zero-order chi connectivity index (χ0) is 17.7. The Morgan fingerprint density at radius 1 is 1.12 bits per heavy atom. The number of nitrogens with one attached hydrogen (secondary N) is 1. The number of thiophene rings is 1. The van der Waals surface area contributed by atoms with Crippen molar-refractivity contribution in [3.8, 4) is 0 Å². The number of esters is 1. The molecule has 2 rings (SSSR count). The maximum Gasteiger partial charge on any atom is 0.349 e. The Morgan fingerprint density at radius 2 is 1.79 bits per heavy atom. The fraction of sp³-hybridized carbons (Fsp3) is 0.200. The van der Waals surface area contributed by atoms with Crippen molar-refractivity contribution in [2.24, 2.45) is 0 Å². The van der Waals surface area contributed by atoms with Crippen molar-refractivity contribution in [3.63, 3.8) is 0 Å². The largest absolute Gasteiger partial charge is 0.465 e. The second-order valence-electron chi connectivity index (χ2n) is 4.67. The van der Waals surface area contributed by atoms with Crippen LogP contribution in [0.3, 0.4) is 0 Å². The van der Waals surface area contributed by atoms with Crippen molar-refractivity contribution in [2.45, 2.75) is 11.5 Å². The lowest BCUT2D eigenvalue weighted by Gasteiger charge is -2.08. The van der Waals surface area contributed by atoms with Crippen LogP contribution < -0.4 is 4.72 Å². The topological polar surface area (TPSA) is 98.8 Å². The van der Waals surface area contributed by atoms with Crippen LogP contribution in [0.25, 0.3) is 0 Å². The van der Waals surface area contributed by atoms with Crippen LogP contribution in [0.1, 0.15) is 25.6 Å². The van der Waals surface area contributed by atoms with E-state index in [0.29, 0.717) is 6.61 Å². The van der Waals surface area contributed by atoms with Crippen molar-refractivity contribution in [3.05, 3.63) is 51.7 Å². The van der Waals surface area contributed by atoms with Crippen molar-refractivity contribution in [2.75, 3.05) is 14.2 Å². The average molecular weight is 369 g/mol. The molecule has 0 atom stereocenters. The summed E-state index contributed by atoms with van der Waals surface area (Å²) < 4.78 is 36.1. The van der Waals surface area contributed by atoms with E-state index >= 15 is 0 Å². The van der Waals surface area contributed by atoms with E-state index in [-0.39, 0.29) is 15.3 Å². The molecule has 2 aromatic rings. The summed E-state index contributed by atoms with van der Waals surface area (Å²) in [5.41, 5.74) is 1.02. The fourth-order valence-corrected chi connectivity index (χ4v) is 4.22. The van der Waals surface area contributed by atoms with E-state index in [2.05, 4.69) is 4.74 Å². The Labute approximate surface area is 143 Å². The number of rotatable bonds is 6. The smallest absolute Gasteiger partial charge is 0.349 e. The van der Waals surface area contributed by atoms with Gasteiger partial charge in [-0.05, 0) is 29.1 Å². The number of benzene rings is 1. The standard InChI is InChI=1S/C15H15NO6S2/c1-21-9-10-3-5-11(6-4-10)14(17)16-24(19,20)12-7-8-23-13(12)15(18)22-2/h3-8H,9H2,1-2H3,(H,16,17). The van der Waals surface area contributed by atoms with Gasteiger partial charge in [0.25, 0.3) is 15.9 Å². The van der Waals surface area contributed by atoms with Gasteiger partial charge in [0, 0.05) is 12.7 Å². The number of methoxy groups -OCH3 is 2. The Morgan fingerprint density at radius 3 is 2.38 bits per heavy atom. The zero-order valence-corrected chi connectivity index (χ0v) is 14.6. The maximum absolute atomic E-state index is 12.3. The number of carbonyl (C=O) groups is 2. The molecule has 128 valence electrons. The van der Waals surface area contributed by atoms with Crippen LogP contribution in [0.2, 0.25) is 0 Å². The number of ether oxygens (including phenoxy) is 2. The second kappa shape index (κ2) is 7.56. The number of sulfonamides is 1. The van der Waals surface area contributed by atoms with Gasteiger partial charge in [0.15, 0.2) is 0 Å². The van der Waals surface area contributed by atoms with Crippen LogP contribution >= 0.6 is 11.3 Å². The second-order valence-corrected chi connectivity index (χ2v) is 7.24. The van der Waals surface area contributed by atoms with Gasteiger partial charge in [-0.1, -0.05) is 12.1 Å². The van der Waals surface area contributed by atoms with Crippen LogP contribution in [0.5, 0.6) is 0 Å². The van der Waals surface area contributed by atoms with E-state index in [4.69, 9.17) is 4.74 Å². The fourth-order valence-electron chi connectivity index (χ4n) is 1.91. The average Bonchev–Trinajstić information content (AvgIpc) is 3.05. The van der Waals surface area contributed by atoms with Gasteiger partial charge in [0.05, 0.1) is 13.7 Å². The van der Waals surface area contributed by atoms with Crippen LogP contribution in [-0.2, 0) is 26.1 Å². The lowest BCUT2D eigenvalue weighted by molar-refractivity contribution is 0.0602. The third-order valence-corrected chi connectivity index (χ3v) is 5.44. The summed E-state index contributed by atoms with van der Waals surface area (Å²) in [7, 11) is -1.49. The Hall–Kier alpha value is -2.23. The van der Waals surface area contributed by atoms with Crippen LogP contribution in [-0.4, -0.2) is 34.5 Å². The number of carbonyl (C=O) groups excluding carboxylic acids is 2. The minimum Gasteiger partial charge on any atom is -0.465 e. The molecule has 0 saturated carbocycles. The number of hydrogen-bond donors (Lipinski definition) is 1. The molecule has 0 bridgehead atoms. The van der Waals surface area contributed by atoms with E-state index in [9.17, 15) is 18.0 Å². The van der Waals surface area contributed by atoms with E-state index in [0.717, 1.165) is 24.0 Å². The molecule has 1 heterocycles. The first kappa shape index (κ1) is 18.1. The minimum atomic E-state index is -4.19. The molecule has 0 spiro atoms. The molecule has 0 saturated heterocycles. The monoisotopic (exact) mass is 369 g/mol. The van der Waals surface area contributed by atoms with Crippen molar-refractivity contribution in [1.82, 2.24) is 4.72 Å². The van der Waals surface area contributed by atoms with E-state index in [1.54, 1.807) is 19.2 Å². The van der Waals surface area contributed by atoms with Crippen molar-refractivity contribution >= 4 is 33.2 Å². The summed E-state index contributed by atoms with van der Waals surface area (Å²) in [5.74, 6) is -1.57. The Kier molecular flexibility index (Phi) is 5.71. The highest BCUT2D eigenvalue weighted by atomic mass is 32.2. The van der Waals surface area contributed by atoms with Crippen LogP contribution in [0.4, 0.5) is 0 Å².